The van der Waals surface area contributed by atoms with Crippen LogP contribution in [0.2, 0.25) is 10.0 Å². The summed E-state index contributed by atoms with van der Waals surface area (Å²) in [5, 5.41) is 18.8. The molecule has 116 valence electrons. The van der Waals surface area contributed by atoms with E-state index in [9.17, 15) is 19.3 Å². The summed E-state index contributed by atoms with van der Waals surface area (Å²) in [6, 6.07) is 12.1. The van der Waals surface area contributed by atoms with Crippen molar-refractivity contribution in [3.05, 3.63) is 69.2 Å². The third-order valence-electron chi connectivity index (χ3n) is 3.41. The Morgan fingerprint density at radius 2 is 1.22 bits per heavy atom. The Kier molecular flexibility index (Phi) is 5.21. The molecule has 0 bridgehead atoms. The van der Waals surface area contributed by atoms with Crippen LogP contribution in [0, 0.1) is 39.7 Å². The summed E-state index contributed by atoms with van der Waals surface area (Å²) in [5.41, 5.74) is -0.519. The highest BCUT2D eigenvalue weighted by Crippen LogP contribution is 2.29. The number of nitriles is 2. The predicted molar refractivity (Wildman–Crippen MR) is 83.9 cm³/mol. The molecule has 0 fully saturated rings. The molecule has 0 aliphatic carbocycles. The zero-order valence-electron chi connectivity index (χ0n) is 11.8. The molecule has 0 aromatic heterocycles. The number of benzene rings is 2. The first-order valence-corrected chi connectivity index (χ1v) is 7.35. The van der Waals surface area contributed by atoms with E-state index in [4.69, 9.17) is 23.2 Å². The second kappa shape index (κ2) is 6.96. The van der Waals surface area contributed by atoms with Crippen molar-refractivity contribution >= 4 is 23.2 Å². The molecule has 0 heterocycles. The van der Waals surface area contributed by atoms with Gasteiger partial charge in [-0.25, -0.2) is 8.78 Å². The van der Waals surface area contributed by atoms with Crippen LogP contribution in [0.15, 0.2) is 36.4 Å². The van der Waals surface area contributed by atoms with Crippen molar-refractivity contribution in [3.63, 3.8) is 0 Å². The first kappa shape index (κ1) is 17.2. The van der Waals surface area contributed by atoms with E-state index >= 15 is 0 Å². The zero-order chi connectivity index (χ0) is 17.0. The molecule has 0 aliphatic heterocycles. The van der Waals surface area contributed by atoms with Gasteiger partial charge in [0, 0.05) is 12.8 Å². The van der Waals surface area contributed by atoms with Crippen LogP contribution in [0.1, 0.15) is 11.1 Å². The van der Waals surface area contributed by atoms with Crippen LogP contribution in [0.25, 0.3) is 0 Å². The summed E-state index contributed by atoms with van der Waals surface area (Å²) in [4.78, 5) is 0. The van der Waals surface area contributed by atoms with Gasteiger partial charge in [-0.1, -0.05) is 35.3 Å². The van der Waals surface area contributed by atoms with Crippen molar-refractivity contribution in [2.45, 2.75) is 12.8 Å². The van der Waals surface area contributed by atoms with Crippen molar-refractivity contribution < 1.29 is 8.78 Å². The topological polar surface area (TPSA) is 47.6 Å². The van der Waals surface area contributed by atoms with E-state index in [0.29, 0.717) is 11.1 Å². The third kappa shape index (κ3) is 3.99. The molecule has 2 aromatic rings. The summed E-state index contributed by atoms with van der Waals surface area (Å²) in [6.45, 7) is 0. The second-order valence-corrected chi connectivity index (χ2v) is 5.97. The maximum Gasteiger partial charge on any atom is 0.151 e. The van der Waals surface area contributed by atoms with E-state index in [1.807, 2.05) is 12.1 Å². The van der Waals surface area contributed by atoms with Crippen LogP contribution in [0.3, 0.4) is 0 Å². The molecular formula is C17H10Cl2F2N2. The largest absolute Gasteiger partial charge is 0.205 e. The summed E-state index contributed by atoms with van der Waals surface area (Å²) in [6.07, 6.45) is -0.00330. The van der Waals surface area contributed by atoms with E-state index in [2.05, 4.69) is 0 Å². The van der Waals surface area contributed by atoms with Crippen molar-refractivity contribution in [1.82, 2.24) is 0 Å². The molecule has 0 aliphatic rings. The van der Waals surface area contributed by atoms with Gasteiger partial charge in [-0.3, -0.25) is 0 Å². The van der Waals surface area contributed by atoms with Gasteiger partial charge in [0.15, 0.2) is 5.41 Å². The Morgan fingerprint density at radius 1 is 0.826 bits per heavy atom. The van der Waals surface area contributed by atoms with Gasteiger partial charge in [-0.15, -0.1) is 0 Å². The van der Waals surface area contributed by atoms with Crippen LogP contribution < -0.4 is 0 Å². The molecule has 0 N–H and O–H groups in total. The average Bonchev–Trinajstić information content (AvgIpc) is 2.54. The fourth-order valence-corrected chi connectivity index (χ4v) is 2.48. The highest BCUT2D eigenvalue weighted by molar-refractivity contribution is 6.31. The molecule has 0 amide bonds. The quantitative estimate of drug-likeness (QED) is 0.770. The lowest BCUT2D eigenvalue weighted by Crippen LogP contribution is -2.23. The minimum Gasteiger partial charge on any atom is -0.205 e. The van der Waals surface area contributed by atoms with Gasteiger partial charge in [-0.05, 0) is 35.4 Å². The molecule has 2 rings (SSSR count). The Hall–Kier alpha value is -2.14. The van der Waals surface area contributed by atoms with Crippen LogP contribution in [-0.4, -0.2) is 0 Å². The molecule has 6 heteroatoms. The summed E-state index contributed by atoms with van der Waals surface area (Å²) in [7, 11) is 0. The molecule has 0 radical (unpaired) electrons. The monoisotopic (exact) mass is 350 g/mol. The molecule has 2 aromatic carbocycles. The Morgan fingerprint density at radius 3 is 1.52 bits per heavy atom. The van der Waals surface area contributed by atoms with Crippen molar-refractivity contribution in [1.29, 1.82) is 10.5 Å². The maximum absolute atomic E-state index is 13.5. The number of nitrogens with zero attached hydrogens (tertiary/aromatic N) is 2. The molecule has 23 heavy (non-hydrogen) atoms. The van der Waals surface area contributed by atoms with Gasteiger partial charge in [0.2, 0.25) is 0 Å². The number of hydrogen-bond donors (Lipinski definition) is 0. The number of hydrogen-bond acceptors (Lipinski definition) is 2. The highest BCUT2D eigenvalue weighted by Gasteiger charge is 2.31. The molecule has 0 unspecified atom stereocenters. The van der Waals surface area contributed by atoms with E-state index in [-0.39, 0.29) is 22.9 Å². The van der Waals surface area contributed by atoms with E-state index < -0.39 is 17.0 Å². The van der Waals surface area contributed by atoms with Crippen LogP contribution in [0.5, 0.6) is 0 Å². The van der Waals surface area contributed by atoms with Gasteiger partial charge in [0.1, 0.15) is 11.6 Å². The molecule has 0 saturated heterocycles. The zero-order valence-corrected chi connectivity index (χ0v) is 13.3. The SMILES string of the molecule is N#CC(C#N)(Cc1ccc(Cl)c(F)c1)Cc1ccc(Cl)c(F)c1. The minimum atomic E-state index is -1.44. The van der Waals surface area contributed by atoms with E-state index in [1.54, 1.807) is 12.1 Å². The van der Waals surface area contributed by atoms with Crippen LogP contribution in [-0.2, 0) is 12.8 Å². The minimum absolute atomic E-state index is 0.00165. The number of rotatable bonds is 4. The lowest BCUT2D eigenvalue weighted by atomic mass is 9.79. The summed E-state index contributed by atoms with van der Waals surface area (Å²) in [5.74, 6) is -1.24. The molecule has 0 atom stereocenters. The standard InChI is InChI=1S/C17H10Cl2F2N2/c18-13-3-1-11(5-15(13)20)7-17(9-22,10-23)8-12-2-4-14(19)16(21)6-12/h1-6H,7-8H2. The molecule has 0 saturated carbocycles. The van der Waals surface area contributed by atoms with Crippen LogP contribution >= 0.6 is 23.2 Å². The average molecular weight is 351 g/mol. The second-order valence-electron chi connectivity index (χ2n) is 5.16. The summed E-state index contributed by atoms with van der Waals surface area (Å²) < 4.78 is 27.0. The maximum atomic E-state index is 13.5. The summed E-state index contributed by atoms with van der Waals surface area (Å²) >= 11 is 11.2. The van der Waals surface area contributed by atoms with Gasteiger partial charge < -0.3 is 0 Å². The molecule has 2 nitrogen and oxygen atoms in total. The fourth-order valence-electron chi connectivity index (χ4n) is 2.24. The highest BCUT2D eigenvalue weighted by atomic mass is 35.5. The lowest BCUT2D eigenvalue weighted by Gasteiger charge is -2.19. The lowest BCUT2D eigenvalue weighted by molar-refractivity contribution is 0.510. The molecular weight excluding hydrogens is 341 g/mol. The third-order valence-corrected chi connectivity index (χ3v) is 4.02. The van der Waals surface area contributed by atoms with Gasteiger partial charge >= 0.3 is 0 Å². The smallest absolute Gasteiger partial charge is 0.151 e. The van der Waals surface area contributed by atoms with Crippen LogP contribution in [0.4, 0.5) is 8.78 Å². The van der Waals surface area contributed by atoms with Gasteiger partial charge in [-0.2, -0.15) is 10.5 Å². The van der Waals surface area contributed by atoms with Gasteiger partial charge in [0.05, 0.1) is 22.2 Å². The Balaban J connectivity index is 2.32. The van der Waals surface area contributed by atoms with Crippen molar-refractivity contribution in [2.24, 2.45) is 5.41 Å². The van der Waals surface area contributed by atoms with Crippen molar-refractivity contribution in [2.75, 3.05) is 0 Å². The first-order chi connectivity index (χ1) is 10.9. The Bertz CT molecular complexity index is 753. The first-order valence-electron chi connectivity index (χ1n) is 6.59. The predicted octanol–water partition coefficient (Wildman–Crippen LogP) is 5.09. The molecule has 0 spiro atoms. The normalized spacial score (nSPS) is 10.9. The Labute approximate surface area is 142 Å². The van der Waals surface area contributed by atoms with E-state index in [0.717, 1.165) is 0 Å². The van der Waals surface area contributed by atoms with Crippen molar-refractivity contribution in [3.8, 4) is 12.1 Å². The van der Waals surface area contributed by atoms with Gasteiger partial charge in [0.25, 0.3) is 0 Å². The fraction of sp³-hybridized carbons (Fsp3) is 0.176. The van der Waals surface area contributed by atoms with E-state index in [1.165, 1.54) is 24.3 Å². The number of halogens is 4.